The molecule has 0 radical (unpaired) electrons. The van der Waals surface area contributed by atoms with Crippen LogP contribution >= 0.6 is 15.9 Å². The zero-order valence-electron chi connectivity index (χ0n) is 11.2. The van der Waals surface area contributed by atoms with Crippen LogP contribution in [0.2, 0.25) is 0 Å². The molecule has 19 heavy (non-hydrogen) atoms. The van der Waals surface area contributed by atoms with E-state index in [4.69, 9.17) is 5.11 Å². The summed E-state index contributed by atoms with van der Waals surface area (Å²) in [6.45, 7) is 3.78. The average molecular weight is 326 g/mol. The maximum Gasteiger partial charge on any atom is 0.254 e. The van der Waals surface area contributed by atoms with Crippen molar-refractivity contribution in [3.05, 3.63) is 33.8 Å². The summed E-state index contributed by atoms with van der Waals surface area (Å²) in [7, 11) is 0. The molecule has 1 atom stereocenters. The van der Waals surface area contributed by atoms with Crippen LogP contribution in [0.4, 0.5) is 0 Å². The normalized spacial score (nSPS) is 19.5. The lowest BCUT2D eigenvalue weighted by Gasteiger charge is -2.33. The summed E-state index contributed by atoms with van der Waals surface area (Å²) in [5, 5.41) is 9.03. The van der Waals surface area contributed by atoms with E-state index in [0.717, 1.165) is 48.0 Å². The Morgan fingerprint density at radius 3 is 3.00 bits per heavy atom. The van der Waals surface area contributed by atoms with Crippen LogP contribution in [0.25, 0.3) is 0 Å². The van der Waals surface area contributed by atoms with Gasteiger partial charge in [-0.2, -0.15) is 0 Å². The van der Waals surface area contributed by atoms with Crippen LogP contribution < -0.4 is 0 Å². The standard InChI is InChI=1S/C15H20BrNO2/c1-11-9-13(16)4-5-14(11)15(19)17-7-2-3-12(10-17)6-8-18/h4-5,9,12,18H,2-3,6-8,10H2,1H3. The van der Waals surface area contributed by atoms with Gasteiger partial charge in [0.1, 0.15) is 0 Å². The summed E-state index contributed by atoms with van der Waals surface area (Å²) >= 11 is 3.42. The third-order valence-electron chi connectivity index (χ3n) is 3.76. The van der Waals surface area contributed by atoms with Crippen LogP contribution in [0.5, 0.6) is 0 Å². The van der Waals surface area contributed by atoms with Gasteiger partial charge in [-0.05, 0) is 55.9 Å². The minimum Gasteiger partial charge on any atom is -0.396 e. The number of hydrogen-bond acceptors (Lipinski definition) is 2. The number of hydrogen-bond donors (Lipinski definition) is 1. The number of rotatable bonds is 3. The first-order valence-electron chi connectivity index (χ1n) is 6.78. The topological polar surface area (TPSA) is 40.5 Å². The molecule has 0 saturated carbocycles. The molecule has 1 unspecified atom stereocenters. The molecule has 1 heterocycles. The van der Waals surface area contributed by atoms with E-state index in [-0.39, 0.29) is 12.5 Å². The quantitative estimate of drug-likeness (QED) is 0.928. The third kappa shape index (κ3) is 3.57. The lowest BCUT2D eigenvalue weighted by molar-refractivity contribution is 0.0653. The Bertz CT molecular complexity index is 459. The highest BCUT2D eigenvalue weighted by Gasteiger charge is 2.24. The fraction of sp³-hybridized carbons (Fsp3) is 0.533. The van der Waals surface area contributed by atoms with Crippen LogP contribution in [0.15, 0.2) is 22.7 Å². The molecule has 0 aromatic heterocycles. The molecule has 104 valence electrons. The second-order valence-electron chi connectivity index (χ2n) is 5.23. The number of aliphatic hydroxyl groups is 1. The van der Waals surface area contributed by atoms with Crippen molar-refractivity contribution in [3.8, 4) is 0 Å². The minimum absolute atomic E-state index is 0.118. The number of amides is 1. The molecule has 0 bridgehead atoms. The van der Waals surface area contributed by atoms with E-state index in [9.17, 15) is 4.79 Å². The van der Waals surface area contributed by atoms with Gasteiger partial charge < -0.3 is 10.0 Å². The summed E-state index contributed by atoms with van der Waals surface area (Å²) < 4.78 is 0.998. The van der Waals surface area contributed by atoms with Gasteiger partial charge in [-0.3, -0.25) is 4.79 Å². The zero-order valence-corrected chi connectivity index (χ0v) is 12.8. The van der Waals surface area contributed by atoms with Crippen molar-refractivity contribution in [1.82, 2.24) is 4.90 Å². The Labute approximate surface area is 122 Å². The molecular weight excluding hydrogens is 306 g/mol. The SMILES string of the molecule is Cc1cc(Br)ccc1C(=O)N1CCCC(CCO)C1. The lowest BCUT2D eigenvalue weighted by Crippen LogP contribution is -2.40. The van der Waals surface area contributed by atoms with E-state index in [2.05, 4.69) is 15.9 Å². The monoisotopic (exact) mass is 325 g/mol. The highest BCUT2D eigenvalue weighted by Crippen LogP contribution is 2.23. The minimum atomic E-state index is 0.118. The van der Waals surface area contributed by atoms with Gasteiger partial charge in [0.2, 0.25) is 0 Å². The molecule has 3 nitrogen and oxygen atoms in total. The molecule has 0 spiro atoms. The van der Waals surface area contributed by atoms with Gasteiger partial charge in [0.25, 0.3) is 5.91 Å². The maximum absolute atomic E-state index is 12.5. The van der Waals surface area contributed by atoms with Gasteiger partial charge in [0, 0.05) is 29.7 Å². The number of halogens is 1. The second kappa shape index (κ2) is 6.53. The molecule has 1 aliphatic rings. The molecular formula is C15H20BrNO2. The first kappa shape index (κ1) is 14.5. The first-order valence-corrected chi connectivity index (χ1v) is 7.57. The van der Waals surface area contributed by atoms with Crippen molar-refractivity contribution in [2.24, 2.45) is 5.92 Å². The van der Waals surface area contributed by atoms with Crippen LogP contribution in [-0.2, 0) is 0 Å². The van der Waals surface area contributed by atoms with E-state index in [1.165, 1.54) is 0 Å². The van der Waals surface area contributed by atoms with E-state index in [1.807, 2.05) is 30.0 Å². The van der Waals surface area contributed by atoms with Crippen LogP contribution in [0, 0.1) is 12.8 Å². The Morgan fingerprint density at radius 2 is 2.32 bits per heavy atom. The zero-order chi connectivity index (χ0) is 13.8. The van der Waals surface area contributed by atoms with E-state index >= 15 is 0 Å². The number of carbonyl (C=O) groups excluding carboxylic acids is 1. The van der Waals surface area contributed by atoms with E-state index in [1.54, 1.807) is 0 Å². The summed E-state index contributed by atoms with van der Waals surface area (Å²) in [5.74, 6) is 0.561. The van der Waals surface area contributed by atoms with Crippen LogP contribution in [0.3, 0.4) is 0 Å². The van der Waals surface area contributed by atoms with Crippen molar-refractivity contribution < 1.29 is 9.90 Å². The van der Waals surface area contributed by atoms with Crippen LogP contribution in [0.1, 0.15) is 35.2 Å². The van der Waals surface area contributed by atoms with Gasteiger partial charge in [-0.15, -0.1) is 0 Å². The number of piperidine rings is 1. The number of benzene rings is 1. The number of carbonyl (C=O) groups is 1. The number of aryl methyl sites for hydroxylation is 1. The smallest absolute Gasteiger partial charge is 0.254 e. The van der Waals surface area contributed by atoms with Gasteiger partial charge in [-0.1, -0.05) is 15.9 Å². The van der Waals surface area contributed by atoms with Crippen molar-refractivity contribution in [3.63, 3.8) is 0 Å². The maximum atomic E-state index is 12.5. The summed E-state index contributed by atoms with van der Waals surface area (Å²) in [6.07, 6.45) is 2.94. The Kier molecular flexibility index (Phi) is 4.99. The predicted molar refractivity (Wildman–Crippen MR) is 79.2 cm³/mol. The first-order chi connectivity index (χ1) is 9.11. The average Bonchev–Trinajstić information content (AvgIpc) is 2.39. The summed E-state index contributed by atoms with van der Waals surface area (Å²) in [4.78, 5) is 14.5. The van der Waals surface area contributed by atoms with E-state index in [0.29, 0.717) is 5.92 Å². The van der Waals surface area contributed by atoms with Gasteiger partial charge in [-0.25, -0.2) is 0 Å². The van der Waals surface area contributed by atoms with Crippen molar-refractivity contribution >= 4 is 21.8 Å². The largest absolute Gasteiger partial charge is 0.396 e. The van der Waals surface area contributed by atoms with Crippen molar-refractivity contribution in [1.29, 1.82) is 0 Å². The molecule has 1 saturated heterocycles. The lowest BCUT2D eigenvalue weighted by atomic mass is 9.94. The molecule has 1 amide bonds. The Hall–Kier alpha value is -0.870. The third-order valence-corrected chi connectivity index (χ3v) is 4.26. The van der Waals surface area contributed by atoms with Gasteiger partial charge >= 0.3 is 0 Å². The molecule has 1 aromatic carbocycles. The fourth-order valence-electron chi connectivity index (χ4n) is 2.71. The Morgan fingerprint density at radius 1 is 1.53 bits per heavy atom. The summed E-state index contributed by atoms with van der Waals surface area (Å²) in [6, 6.07) is 5.77. The predicted octanol–water partition coefficient (Wildman–Crippen LogP) is 2.99. The van der Waals surface area contributed by atoms with Crippen LogP contribution in [-0.4, -0.2) is 35.6 Å². The van der Waals surface area contributed by atoms with Gasteiger partial charge in [0.15, 0.2) is 0 Å². The van der Waals surface area contributed by atoms with Crippen molar-refractivity contribution in [2.45, 2.75) is 26.2 Å². The molecule has 1 fully saturated rings. The Balaban J connectivity index is 2.10. The number of likely N-dealkylation sites (tertiary alicyclic amines) is 1. The summed E-state index contributed by atoms with van der Waals surface area (Å²) in [5.41, 5.74) is 1.79. The molecule has 0 aliphatic carbocycles. The molecule has 4 heteroatoms. The van der Waals surface area contributed by atoms with Gasteiger partial charge in [0.05, 0.1) is 0 Å². The fourth-order valence-corrected chi connectivity index (χ4v) is 3.18. The second-order valence-corrected chi connectivity index (χ2v) is 6.15. The highest BCUT2D eigenvalue weighted by molar-refractivity contribution is 9.10. The number of aliphatic hydroxyl groups excluding tert-OH is 1. The molecule has 1 aromatic rings. The molecule has 2 rings (SSSR count). The molecule has 1 aliphatic heterocycles. The van der Waals surface area contributed by atoms with E-state index < -0.39 is 0 Å². The highest BCUT2D eigenvalue weighted by atomic mass is 79.9. The number of nitrogens with zero attached hydrogens (tertiary/aromatic N) is 1. The van der Waals surface area contributed by atoms with Crippen molar-refractivity contribution in [2.75, 3.05) is 19.7 Å². The molecule has 1 N–H and O–H groups in total.